The van der Waals surface area contributed by atoms with Crippen LogP contribution in [0.1, 0.15) is 0 Å². The molecule has 0 fully saturated rings. The van der Waals surface area contributed by atoms with Crippen molar-refractivity contribution in [1.29, 1.82) is 0 Å². The molecule has 0 aliphatic heterocycles. The highest BCUT2D eigenvalue weighted by molar-refractivity contribution is 5.71. The van der Waals surface area contributed by atoms with Gasteiger partial charge in [0.15, 0.2) is 0 Å². The summed E-state index contributed by atoms with van der Waals surface area (Å²) in [4.78, 5) is 55.3. The number of aliphatic imine (C=N–C) groups is 4. The van der Waals surface area contributed by atoms with Crippen LogP contribution < -0.4 is 4.74 Å². The molecule has 0 aromatic heterocycles. The van der Waals surface area contributed by atoms with Gasteiger partial charge in [0.1, 0.15) is 34.2 Å². The van der Waals surface area contributed by atoms with E-state index in [0.29, 0.717) is 0 Å². The molecule has 0 aliphatic rings. The van der Waals surface area contributed by atoms with Crippen molar-refractivity contribution < 1.29 is 23.9 Å². The number of nitrogens with zero attached hydrogens (tertiary/aromatic N) is 4. The van der Waals surface area contributed by atoms with Crippen LogP contribution >= 0.6 is 0 Å². The SMILES string of the molecule is O=C=Nc1ccc(Oc2ccc(N=C=O)c(N=C=O)c2)cc1N=C=O. The molecule has 0 aliphatic carbocycles. The minimum absolute atomic E-state index is 0.0594. The molecule has 0 unspecified atom stereocenters. The number of benzene rings is 2. The summed E-state index contributed by atoms with van der Waals surface area (Å²) < 4.78 is 5.56. The molecule has 0 radical (unpaired) electrons. The first kappa shape index (κ1) is 17.1. The van der Waals surface area contributed by atoms with Crippen LogP contribution in [0.25, 0.3) is 0 Å². The fourth-order valence-corrected chi connectivity index (χ4v) is 1.83. The van der Waals surface area contributed by atoms with Crippen molar-refractivity contribution in [2.45, 2.75) is 0 Å². The molecule has 9 heteroatoms. The van der Waals surface area contributed by atoms with Crippen LogP contribution in [0, 0.1) is 0 Å². The van der Waals surface area contributed by atoms with Gasteiger partial charge in [0.05, 0.1) is 0 Å². The van der Waals surface area contributed by atoms with Crippen LogP contribution in [0.15, 0.2) is 56.4 Å². The maximum atomic E-state index is 10.5. The zero-order valence-corrected chi connectivity index (χ0v) is 12.3. The van der Waals surface area contributed by atoms with E-state index in [2.05, 4.69) is 20.0 Å². The number of hydrogen-bond acceptors (Lipinski definition) is 9. The highest BCUT2D eigenvalue weighted by atomic mass is 16.5. The average molecular weight is 334 g/mol. The number of rotatable bonds is 6. The number of isocyanates is 4. The minimum Gasteiger partial charge on any atom is -0.457 e. The Labute approximate surface area is 139 Å². The molecule has 0 amide bonds. The average Bonchev–Trinajstić information content (AvgIpc) is 2.60. The van der Waals surface area contributed by atoms with Gasteiger partial charge in [0, 0.05) is 12.1 Å². The lowest BCUT2D eigenvalue weighted by molar-refractivity contribution is 0.483. The van der Waals surface area contributed by atoms with Crippen LogP contribution in [0.2, 0.25) is 0 Å². The molecule has 0 N–H and O–H groups in total. The van der Waals surface area contributed by atoms with Gasteiger partial charge in [-0.05, 0) is 24.3 Å². The molecule has 120 valence electrons. The van der Waals surface area contributed by atoms with E-state index in [1.165, 1.54) is 60.7 Å². The lowest BCUT2D eigenvalue weighted by Crippen LogP contribution is -1.84. The number of hydrogen-bond donors (Lipinski definition) is 0. The molecule has 0 saturated heterocycles. The van der Waals surface area contributed by atoms with Gasteiger partial charge in [-0.3, -0.25) is 0 Å². The van der Waals surface area contributed by atoms with Crippen molar-refractivity contribution in [2.75, 3.05) is 0 Å². The van der Waals surface area contributed by atoms with Gasteiger partial charge in [-0.15, -0.1) is 0 Å². The van der Waals surface area contributed by atoms with Crippen molar-refractivity contribution in [3.05, 3.63) is 36.4 Å². The van der Waals surface area contributed by atoms with Crippen molar-refractivity contribution in [2.24, 2.45) is 20.0 Å². The van der Waals surface area contributed by atoms with Gasteiger partial charge in [0.2, 0.25) is 24.3 Å². The molecule has 0 spiro atoms. The summed E-state index contributed by atoms with van der Waals surface area (Å²) in [5, 5.41) is 0. The van der Waals surface area contributed by atoms with Crippen LogP contribution in [-0.2, 0) is 19.2 Å². The molecule has 9 nitrogen and oxygen atoms in total. The lowest BCUT2D eigenvalue weighted by Gasteiger charge is -2.08. The second-order valence-electron chi connectivity index (χ2n) is 4.22. The molecular formula is C16H6N4O5. The van der Waals surface area contributed by atoms with Crippen LogP contribution in [-0.4, -0.2) is 24.3 Å². The highest BCUT2D eigenvalue weighted by Crippen LogP contribution is 2.36. The molecule has 2 rings (SSSR count). The Morgan fingerprint density at radius 3 is 1.28 bits per heavy atom. The second kappa shape index (κ2) is 8.41. The Balaban J connectivity index is 2.42. The summed E-state index contributed by atoms with van der Waals surface area (Å²) in [6, 6.07) is 8.43. The van der Waals surface area contributed by atoms with Crippen molar-refractivity contribution in [3.8, 4) is 11.5 Å². The van der Waals surface area contributed by atoms with Crippen molar-refractivity contribution in [3.63, 3.8) is 0 Å². The van der Waals surface area contributed by atoms with Crippen molar-refractivity contribution >= 4 is 47.1 Å². The Morgan fingerprint density at radius 2 is 0.920 bits per heavy atom. The van der Waals surface area contributed by atoms with Crippen molar-refractivity contribution in [1.82, 2.24) is 0 Å². The first-order valence-electron chi connectivity index (χ1n) is 6.49. The third-order valence-corrected chi connectivity index (χ3v) is 2.79. The molecule has 25 heavy (non-hydrogen) atoms. The summed E-state index contributed by atoms with van der Waals surface area (Å²) in [5.74, 6) is 0.512. The predicted octanol–water partition coefficient (Wildman–Crippen LogP) is 3.35. The molecule has 0 saturated carbocycles. The summed E-state index contributed by atoms with van der Waals surface area (Å²) in [5.41, 5.74) is 0.355. The third kappa shape index (κ3) is 4.37. The van der Waals surface area contributed by atoms with Gasteiger partial charge < -0.3 is 4.74 Å². The zero-order valence-electron chi connectivity index (χ0n) is 12.3. The molecule has 2 aromatic carbocycles. The normalized spacial score (nSPS) is 8.80. The second-order valence-corrected chi connectivity index (χ2v) is 4.22. The number of ether oxygens (including phenoxy) is 1. The summed E-state index contributed by atoms with van der Waals surface area (Å²) in [7, 11) is 0. The van der Waals surface area contributed by atoms with Gasteiger partial charge in [-0.2, -0.15) is 20.0 Å². The smallest absolute Gasteiger partial charge is 0.240 e. The molecular weight excluding hydrogens is 328 g/mol. The van der Waals surface area contributed by atoms with Gasteiger partial charge >= 0.3 is 0 Å². The fraction of sp³-hybridized carbons (Fsp3) is 0. The monoisotopic (exact) mass is 334 g/mol. The fourth-order valence-electron chi connectivity index (χ4n) is 1.83. The van der Waals surface area contributed by atoms with Crippen LogP contribution in [0.5, 0.6) is 11.5 Å². The van der Waals surface area contributed by atoms with Gasteiger partial charge in [-0.25, -0.2) is 19.2 Å². The maximum absolute atomic E-state index is 10.5. The Kier molecular flexibility index (Phi) is 5.76. The van der Waals surface area contributed by atoms with E-state index in [-0.39, 0.29) is 34.2 Å². The van der Waals surface area contributed by atoms with E-state index < -0.39 is 0 Å². The number of carbonyl (C=O) groups excluding carboxylic acids is 4. The summed E-state index contributed by atoms with van der Waals surface area (Å²) in [6.45, 7) is 0. The van der Waals surface area contributed by atoms with Gasteiger partial charge in [-0.1, -0.05) is 0 Å². The molecule has 0 bridgehead atoms. The Bertz CT molecular complexity index is 926. The van der Waals surface area contributed by atoms with E-state index in [9.17, 15) is 19.2 Å². The Morgan fingerprint density at radius 1 is 0.560 bits per heavy atom. The lowest BCUT2D eigenvalue weighted by atomic mass is 10.2. The van der Waals surface area contributed by atoms with E-state index in [1.807, 2.05) is 0 Å². The third-order valence-electron chi connectivity index (χ3n) is 2.79. The van der Waals surface area contributed by atoms with E-state index in [0.717, 1.165) is 0 Å². The highest BCUT2D eigenvalue weighted by Gasteiger charge is 2.07. The first-order chi connectivity index (χ1) is 12.2. The topological polar surface area (TPSA) is 127 Å². The quantitative estimate of drug-likeness (QED) is 0.591. The van der Waals surface area contributed by atoms with E-state index in [4.69, 9.17) is 4.74 Å². The summed E-state index contributed by atoms with van der Waals surface area (Å²) in [6.07, 6.45) is 5.38. The van der Waals surface area contributed by atoms with Gasteiger partial charge in [0.25, 0.3) is 0 Å². The summed E-state index contributed by atoms with van der Waals surface area (Å²) >= 11 is 0. The van der Waals surface area contributed by atoms with E-state index >= 15 is 0 Å². The zero-order chi connectivity index (χ0) is 18.1. The minimum atomic E-state index is 0.0594. The molecule has 2 aromatic rings. The molecule has 0 atom stereocenters. The largest absolute Gasteiger partial charge is 0.457 e. The van der Waals surface area contributed by atoms with Crippen LogP contribution in [0.4, 0.5) is 22.7 Å². The van der Waals surface area contributed by atoms with E-state index in [1.54, 1.807) is 0 Å². The first-order valence-corrected chi connectivity index (χ1v) is 6.49. The Hall–Kier alpha value is -4.24. The standard InChI is InChI=1S/C16H6N4O5/c21-7-17-13-3-1-11(5-15(13)19-9-23)25-12-2-4-14(18-8-22)16(6-12)20-10-24/h1-6H. The van der Waals surface area contributed by atoms with Crippen LogP contribution in [0.3, 0.4) is 0 Å². The maximum Gasteiger partial charge on any atom is 0.240 e. The predicted molar refractivity (Wildman–Crippen MR) is 84.1 cm³/mol. The molecule has 0 heterocycles.